The molecule has 0 saturated carbocycles. The zero-order valence-electron chi connectivity index (χ0n) is 20.2. The van der Waals surface area contributed by atoms with Crippen LogP contribution in [0.2, 0.25) is 0 Å². The molecule has 3 rings (SSSR count). The molecular formula is C24H32F3N5O2. The topological polar surface area (TPSA) is 79.3 Å². The standard InChI is InChI=1S/C24H32F3N5O2/c1-23(2,3)17(21(33)28-4)13-29-22(34)19-18-14-31(5)11-8-12-32(18)20(30-19)15-9-6-7-10-16(15)24(25,26)27/h6-7,9-10,17H,8,11-14H2,1-5H3,(H,28,33)(H,29,34). The third-order valence-electron chi connectivity index (χ3n) is 6.18. The number of rotatable bonds is 5. The average molecular weight is 480 g/mol. The number of hydrogen-bond acceptors (Lipinski definition) is 4. The van der Waals surface area contributed by atoms with Crippen LogP contribution in [0, 0.1) is 11.3 Å². The van der Waals surface area contributed by atoms with Gasteiger partial charge in [0.25, 0.3) is 5.91 Å². The lowest BCUT2D eigenvalue weighted by molar-refractivity contribution is -0.137. The average Bonchev–Trinajstić information content (AvgIpc) is 2.98. The number of alkyl halides is 3. The van der Waals surface area contributed by atoms with Crippen LogP contribution in [0.5, 0.6) is 0 Å². The first-order chi connectivity index (χ1) is 15.8. The molecule has 2 amide bonds. The van der Waals surface area contributed by atoms with Gasteiger partial charge in [-0.2, -0.15) is 13.2 Å². The molecule has 2 N–H and O–H groups in total. The van der Waals surface area contributed by atoms with Crippen LogP contribution in [0.3, 0.4) is 0 Å². The number of nitrogens with one attached hydrogen (secondary N) is 2. The predicted molar refractivity (Wildman–Crippen MR) is 123 cm³/mol. The summed E-state index contributed by atoms with van der Waals surface area (Å²) >= 11 is 0. The van der Waals surface area contributed by atoms with E-state index in [-0.39, 0.29) is 29.5 Å². The van der Waals surface area contributed by atoms with Crippen molar-refractivity contribution in [2.75, 3.05) is 27.2 Å². The monoisotopic (exact) mass is 479 g/mol. The van der Waals surface area contributed by atoms with Gasteiger partial charge >= 0.3 is 6.18 Å². The van der Waals surface area contributed by atoms with Crippen molar-refractivity contribution in [2.24, 2.45) is 11.3 Å². The van der Waals surface area contributed by atoms with Crippen LogP contribution in [0.15, 0.2) is 24.3 Å². The van der Waals surface area contributed by atoms with E-state index in [9.17, 15) is 22.8 Å². The minimum Gasteiger partial charge on any atom is -0.359 e. The number of fused-ring (bicyclic) bond motifs is 1. The van der Waals surface area contributed by atoms with E-state index in [2.05, 4.69) is 15.6 Å². The molecule has 0 saturated heterocycles. The SMILES string of the molecule is CNC(=O)C(CNC(=O)c1nc(-c2ccccc2C(F)(F)F)n2c1CN(C)CCC2)C(C)(C)C. The lowest BCUT2D eigenvalue weighted by Crippen LogP contribution is -2.44. The second-order valence-electron chi connectivity index (χ2n) is 9.76. The zero-order valence-corrected chi connectivity index (χ0v) is 20.2. The Morgan fingerprint density at radius 2 is 1.82 bits per heavy atom. The molecule has 1 atom stereocenters. The molecule has 0 fully saturated rings. The fourth-order valence-corrected chi connectivity index (χ4v) is 4.28. The van der Waals surface area contributed by atoms with Crippen LogP contribution in [0.25, 0.3) is 11.4 Å². The lowest BCUT2D eigenvalue weighted by Gasteiger charge is -2.29. The molecule has 0 radical (unpaired) electrons. The summed E-state index contributed by atoms with van der Waals surface area (Å²) in [5.41, 5.74) is -0.602. The normalized spacial score (nSPS) is 15.9. The molecule has 10 heteroatoms. The van der Waals surface area contributed by atoms with Gasteiger partial charge in [0.2, 0.25) is 5.91 Å². The van der Waals surface area contributed by atoms with Crippen molar-refractivity contribution >= 4 is 11.8 Å². The number of hydrogen-bond donors (Lipinski definition) is 2. The Bertz CT molecular complexity index is 1060. The van der Waals surface area contributed by atoms with Crippen LogP contribution >= 0.6 is 0 Å². The third kappa shape index (κ3) is 5.43. The third-order valence-corrected chi connectivity index (χ3v) is 6.18. The summed E-state index contributed by atoms with van der Waals surface area (Å²) in [6.07, 6.45) is -3.84. The highest BCUT2D eigenvalue weighted by Gasteiger charge is 2.36. The van der Waals surface area contributed by atoms with Crippen molar-refractivity contribution < 1.29 is 22.8 Å². The summed E-state index contributed by atoms with van der Waals surface area (Å²) in [7, 11) is 3.44. The van der Waals surface area contributed by atoms with Crippen LogP contribution < -0.4 is 10.6 Å². The highest BCUT2D eigenvalue weighted by molar-refractivity contribution is 5.95. The van der Waals surface area contributed by atoms with E-state index >= 15 is 0 Å². The smallest absolute Gasteiger partial charge is 0.359 e. The lowest BCUT2D eigenvalue weighted by atomic mass is 9.80. The van der Waals surface area contributed by atoms with Crippen molar-refractivity contribution in [3.63, 3.8) is 0 Å². The molecule has 1 unspecified atom stereocenters. The Morgan fingerprint density at radius 3 is 2.44 bits per heavy atom. The number of nitrogens with zero attached hydrogens (tertiary/aromatic N) is 3. The van der Waals surface area contributed by atoms with Gasteiger partial charge in [-0.15, -0.1) is 0 Å². The fourth-order valence-electron chi connectivity index (χ4n) is 4.28. The Hall–Kier alpha value is -2.88. The Balaban J connectivity index is 2.04. The summed E-state index contributed by atoms with van der Waals surface area (Å²) in [6, 6.07) is 5.28. The number of carbonyl (C=O) groups excluding carboxylic acids is 2. The molecule has 2 aromatic rings. The Labute approximate surface area is 197 Å². The summed E-state index contributed by atoms with van der Waals surface area (Å²) in [5.74, 6) is -1.07. The minimum atomic E-state index is -4.56. The second kappa shape index (κ2) is 9.77. The number of amides is 2. The van der Waals surface area contributed by atoms with Crippen LogP contribution in [0.1, 0.15) is 48.9 Å². The largest absolute Gasteiger partial charge is 0.417 e. The second-order valence-corrected chi connectivity index (χ2v) is 9.76. The highest BCUT2D eigenvalue weighted by Crippen LogP contribution is 2.38. The van der Waals surface area contributed by atoms with E-state index in [1.165, 1.54) is 18.2 Å². The quantitative estimate of drug-likeness (QED) is 0.688. The molecule has 1 aromatic heterocycles. The highest BCUT2D eigenvalue weighted by atomic mass is 19.4. The predicted octanol–water partition coefficient (Wildman–Crippen LogP) is 3.54. The van der Waals surface area contributed by atoms with Gasteiger partial charge in [0.05, 0.1) is 17.2 Å². The molecule has 1 aliphatic heterocycles. The maximum atomic E-state index is 13.7. The van der Waals surface area contributed by atoms with E-state index in [1.54, 1.807) is 11.6 Å². The van der Waals surface area contributed by atoms with E-state index in [0.29, 0.717) is 25.2 Å². The van der Waals surface area contributed by atoms with Gasteiger partial charge in [0.15, 0.2) is 5.69 Å². The molecule has 186 valence electrons. The van der Waals surface area contributed by atoms with Gasteiger partial charge in [-0.1, -0.05) is 39.0 Å². The molecule has 1 aromatic carbocycles. The van der Waals surface area contributed by atoms with Gasteiger partial charge in [-0.3, -0.25) is 9.59 Å². The first-order valence-corrected chi connectivity index (χ1v) is 11.3. The van der Waals surface area contributed by atoms with Gasteiger partial charge in [0, 0.05) is 32.2 Å². The number of halogens is 3. The molecule has 0 bridgehead atoms. The molecule has 1 aliphatic rings. The van der Waals surface area contributed by atoms with Gasteiger partial charge in [-0.25, -0.2) is 4.98 Å². The first-order valence-electron chi connectivity index (χ1n) is 11.3. The van der Waals surface area contributed by atoms with Crippen molar-refractivity contribution in [2.45, 2.75) is 46.5 Å². The summed E-state index contributed by atoms with van der Waals surface area (Å²) in [4.78, 5) is 32.1. The van der Waals surface area contributed by atoms with Crippen LogP contribution in [-0.4, -0.2) is 53.5 Å². The number of aromatic nitrogens is 2. The van der Waals surface area contributed by atoms with Gasteiger partial charge in [0.1, 0.15) is 5.82 Å². The number of imidazole rings is 1. The summed E-state index contributed by atoms with van der Waals surface area (Å²) < 4.78 is 43.0. The van der Waals surface area contributed by atoms with Crippen molar-refractivity contribution in [1.82, 2.24) is 25.1 Å². The zero-order chi connectivity index (χ0) is 25.3. The molecule has 0 spiro atoms. The van der Waals surface area contributed by atoms with Crippen LogP contribution in [0.4, 0.5) is 13.2 Å². The van der Waals surface area contributed by atoms with Gasteiger partial charge in [-0.05, 0) is 31.5 Å². The maximum Gasteiger partial charge on any atom is 0.417 e. The maximum absolute atomic E-state index is 13.7. The van der Waals surface area contributed by atoms with E-state index < -0.39 is 29.0 Å². The fraction of sp³-hybridized carbons (Fsp3) is 0.542. The first kappa shape index (κ1) is 25.7. The number of benzene rings is 1. The summed E-state index contributed by atoms with van der Waals surface area (Å²) in [5, 5.41) is 5.42. The number of carbonyl (C=O) groups is 2. The molecular weight excluding hydrogens is 447 g/mol. The van der Waals surface area contributed by atoms with E-state index in [0.717, 1.165) is 12.6 Å². The Morgan fingerprint density at radius 1 is 1.15 bits per heavy atom. The minimum absolute atomic E-state index is 0.0576. The van der Waals surface area contributed by atoms with Gasteiger partial charge < -0.3 is 20.1 Å². The van der Waals surface area contributed by atoms with E-state index in [1.807, 2.05) is 32.7 Å². The summed E-state index contributed by atoms with van der Waals surface area (Å²) in [6.45, 7) is 7.37. The molecule has 0 aliphatic carbocycles. The van der Waals surface area contributed by atoms with Crippen LogP contribution in [-0.2, 0) is 24.1 Å². The van der Waals surface area contributed by atoms with Crippen molar-refractivity contribution in [1.29, 1.82) is 0 Å². The van der Waals surface area contributed by atoms with Crippen molar-refractivity contribution in [3.8, 4) is 11.4 Å². The van der Waals surface area contributed by atoms with E-state index in [4.69, 9.17) is 0 Å². The molecule has 2 heterocycles. The van der Waals surface area contributed by atoms with Crippen molar-refractivity contribution in [3.05, 3.63) is 41.2 Å². The Kier molecular flexibility index (Phi) is 7.40. The molecule has 7 nitrogen and oxygen atoms in total. The molecule has 34 heavy (non-hydrogen) atoms.